The Hall–Kier alpha value is -0.0800. The van der Waals surface area contributed by atoms with E-state index in [0.29, 0.717) is 0 Å². The third-order valence-electron chi connectivity index (χ3n) is 3.30. The molecule has 76 valence electrons. The van der Waals surface area contributed by atoms with Crippen LogP contribution in [0.4, 0.5) is 0 Å². The summed E-state index contributed by atoms with van der Waals surface area (Å²) in [5, 5.41) is 0. The van der Waals surface area contributed by atoms with E-state index in [2.05, 4.69) is 16.7 Å². The lowest BCUT2D eigenvalue weighted by Gasteiger charge is -2.34. The predicted molar refractivity (Wildman–Crippen MR) is 55.9 cm³/mol. The second-order valence-corrected chi connectivity index (χ2v) is 4.46. The molecule has 0 spiro atoms. The molecule has 1 aliphatic heterocycles. The lowest BCUT2D eigenvalue weighted by Crippen LogP contribution is -2.47. The zero-order valence-electron chi connectivity index (χ0n) is 8.84. The van der Waals surface area contributed by atoms with Gasteiger partial charge in [0.25, 0.3) is 0 Å². The standard InChI is InChI=1S/C11H22N2/c1-2-3-6-12-7-9-13(10-8-12)11-4-5-11/h11H,2-10H2,1H3. The molecule has 1 heterocycles. The van der Waals surface area contributed by atoms with Crippen LogP contribution in [-0.4, -0.2) is 48.6 Å². The summed E-state index contributed by atoms with van der Waals surface area (Å²) in [6.45, 7) is 8.89. The van der Waals surface area contributed by atoms with Crippen molar-refractivity contribution in [1.29, 1.82) is 0 Å². The monoisotopic (exact) mass is 182 g/mol. The van der Waals surface area contributed by atoms with Gasteiger partial charge in [-0.15, -0.1) is 0 Å². The molecule has 0 bridgehead atoms. The molecule has 0 aromatic heterocycles. The molecule has 0 aromatic carbocycles. The van der Waals surface area contributed by atoms with Gasteiger partial charge in [-0.1, -0.05) is 13.3 Å². The first kappa shape index (κ1) is 9.47. The van der Waals surface area contributed by atoms with Crippen LogP contribution in [0.15, 0.2) is 0 Å². The first-order valence-corrected chi connectivity index (χ1v) is 5.86. The van der Waals surface area contributed by atoms with E-state index in [0.717, 1.165) is 6.04 Å². The lowest BCUT2D eigenvalue weighted by atomic mass is 10.2. The Labute approximate surface area is 81.9 Å². The van der Waals surface area contributed by atoms with E-state index in [-0.39, 0.29) is 0 Å². The molecule has 0 amide bonds. The average Bonchev–Trinajstić information content (AvgIpc) is 2.99. The van der Waals surface area contributed by atoms with Crippen molar-refractivity contribution < 1.29 is 0 Å². The zero-order valence-corrected chi connectivity index (χ0v) is 8.84. The smallest absolute Gasteiger partial charge is 0.0113 e. The Morgan fingerprint density at radius 3 is 2.31 bits per heavy atom. The highest BCUT2D eigenvalue weighted by Crippen LogP contribution is 2.27. The quantitative estimate of drug-likeness (QED) is 0.651. The van der Waals surface area contributed by atoms with Crippen molar-refractivity contribution in [3.63, 3.8) is 0 Å². The second-order valence-electron chi connectivity index (χ2n) is 4.46. The SMILES string of the molecule is CCCCN1CCN(C2CC2)CC1. The molecule has 0 aromatic rings. The van der Waals surface area contributed by atoms with Crippen LogP contribution < -0.4 is 0 Å². The molecule has 1 aliphatic carbocycles. The number of rotatable bonds is 4. The molecule has 13 heavy (non-hydrogen) atoms. The predicted octanol–water partition coefficient (Wildman–Crippen LogP) is 1.57. The normalized spacial score (nSPS) is 26.5. The molecule has 0 atom stereocenters. The van der Waals surface area contributed by atoms with E-state index in [1.807, 2.05) is 0 Å². The molecule has 0 radical (unpaired) electrons. The third kappa shape index (κ3) is 2.68. The van der Waals surface area contributed by atoms with Crippen LogP contribution in [0.25, 0.3) is 0 Å². The summed E-state index contributed by atoms with van der Waals surface area (Å²) >= 11 is 0. The molecule has 0 unspecified atom stereocenters. The van der Waals surface area contributed by atoms with E-state index in [1.165, 1.54) is 58.4 Å². The van der Waals surface area contributed by atoms with E-state index >= 15 is 0 Å². The minimum Gasteiger partial charge on any atom is -0.301 e. The van der Waals surface area contributed by atoms with Gasteiger partial charge in [-0.05, 0) is 25.8 Å². The fraction of sp³-hybridized carbons (Fsp3) is 1.00. The van der Waals surface area contributed by atoms with E-state index in [4.69, 9.17) is 0 Å². The van der Waals surface area contributed by atoms with Crippen molar-refractivity contribution in [2.75, 3.05) is 32.7 Å². The van der Waals surface area contributed by atoms with Crippen LogP contribution >= 0.6 is 0 Å². The summed E-state index contributed by atoms with van der Waals surface area (Å²) in [5.41, 5.74) is 0. The van der Waals surface area contributed by atoms with Crippen molar-refractivity contribution in [3.8, 4) is 0 Å². The van der Waals surface area contributed by atoms with E-state index in [9.17, 15) is 0 Å². The largest absolute Gasteiger partial charge is 0.301 e. The van der Waals surface area contributed by atoms with Crippen LogP contribution in [0, 0.1) is 0 Å². The van der Waals surface area contributed by atoms with Crippen molar-refractivity contribution in [2.45, 2.75) is 38.6 Å². The highest BCUT2D eigenvalue weighted by atomic mass is 15.3. The summed E-state index contributed by atoms with van der Waals surface area (Å²) in [7, 11) is 0. The van der Waals surface area contributed by atoms with E-state index < -0.39 is 0 Å². The molecule has 0 N–H and O–H groups in total. The molecule has 1 saturated carbocycles. The van der Waals surface area contributed by atoms with E-state index in [1.54, 1.807) is 0 Å². The number of nitrogens with zero attached hydrogens (tertiary/aromatic N) is 2. The highest BCUT2D eigenvalue weighted by molar-refractivity contribution is 4.87. The molecule has 2 aliphatic rings. The molecule has 2 fully saturated rings. The number of hydrogen-bond donors (Lipinski definition) is 0. The van der Waals surface area contributed by atoms with Crippen molar-refractivity contribution in [2.24, 2.45) is 0 Å². The van der Waals surface area contributed by atoms with Gasteiger partial charge < -0.3 is 4.90 Å². The summed E-state index contributed by atoms with van der Waals surface area (Å²) in [5.74, 6) is 0. The minimum atomic E-state index is 0.980. The Kier molecular flexibility index (Phi) is 3.23. The number of unbranched alkanes of at least 4 members (excludes halogenated alkanes) is 1. The second kappa shape index (κ2) is 4.43. The van der Waals surface area contributed by atoms with Crippen molar-refractivity contribution >= 4 is 0 Å². The maximum Gasteiger partial charge on any atom is 0.0113 e. The summed E-state index contributed by atoms with van der Waals surface area (Å²) in [6.07, 6.45) is 5.65. The first-order valence-electron chi connectivity index (χ1n) is 5.86. The van der Waals surface area contributed by atoms with Gasteiger partial charge in [-0.25, -0.2) is 0 Å². The average molecular weight is 182 g/mol. The summed E-state index contributed by atoms with van der Waals surface area (Å²) in [6, 6.07) is 0.980. The molecular formula is C11H22N2. The molecular weight excluding hydrogens is 160 g/mol. The molecule has 2 heteroatoms. The van der Waals surface area contributed by atoms with Crippen LogP contribution in [0.3, 0.4) is 0 Å². The summed E-state index contributed by atoms with van der Waals surface area (Å²) < 4.78 is 0. The molecule has 2 nitrogen and oxygen atoms in total. The lowest BCUT2D eigenvalue weighted by molar-refractivity contribution is 0.125. The van der Waals surface area contributed by atoms with Crippen LogP contribution in [0.5, 0.6) is 0 Å². The van der Waals surface area contributed by atoms with Gasteiger partial charge in [-0.2, -0.15) is 0 Å². The third-order valence-corrected chi connectivity index (χ3v) is 3.30. The Balaban J connectivity index is 1.63. The van der Waals surface area contributed by atoms with Gasteiger partial charge in [0.1, 0.15) is 0 Å². The fourth-order valence-electron chi connectivity index (χ4n) is 2.17. The van der Waals surface area contributed by atoms with Gasteiger partial charge in [0, 0.05) is 32.2 Å². The van der Waals surface area contributed by atoms with Gasteiger partial charge >= 0.3 is 0 Å². The molecule has 1 saturated heterocycles. The van der Waals surface area contributed by atoms with Crippen molar-refractivity contribution in [1.82, 2.24) is 9.80 Å². The van der Waals surface area contributed by atoms with Crippen LogP contribution in [-0.2, 0) is 0 Å². The Morgan fingerprint density at radius 1 is 1.08 bits per heavy atom. The summed E-state index contributed by atoms with van der Waals surface area (Å²) in [4.78, 5) is 5.31. The number of hydrogen-bond acceptors (Lipinski definition) is 2. The fourth-order valence-corrected chi connectivity index (χ4v) is 2.17. The minimum absolute atomic E-state index is 0.980. The van der Waals surface area contributed by atoms with Gasteiger partial charge in [0.2, 0.25) is 0 Å². The van der Waals surface area contributed by atoms with Gasteiger partial charge in [0.05, 0.1) is 0 Å². The highest BCUT2D eigenvalue weighted by Gasteiger charge is 2.30. The Bertz CT molecular complexity index is 146. The first-order chi connectivity index (χ1) is 6.40. The Morgan fingerprint density at radius 2 is 1.77 bits per heavy atom. The van der Waals surface area contributed by atoms with Crippen molar-refractivity contribution in [3.05, 3.63) is 0 Å². The van der Waals surface area contributed by atoms with Gasteiger partial charge in [0.15, 0.2) is 0 Å². The zero-order chi connectivity index (χ0) is 9.10. The van der Waals surface area contributed by atoms with Crippen LogP contribution in [0.2, 0.25) is 0 Å². The number of piperazine rings is 1. The molecule has 2 rings (SSSR count). The maximum atomic E-state index is 2.68. The topological polar surface area (TPSA) is 6.48 Å². The maximum absolute atomic E-state index is 2.68. The van der Waals surface area contributed by atoms with Gasteiger partial charge in [-0.3, -0.25) is 4.90 Å². The van der Waals surface area contributed by atoms with Crippen LogP contribution in [0.1, 0.15) is 32.6 Å².